The number of aliphatic hydroxyl groups is 1. The van der Waals surface area contributed by atoms with Crippen LogP contribution in [-0.4, -0.2) is 55.2 Å². The molecule has 5 N–H and O–H groups in total. The first-order valence-corrected chi connectivity index (χ1v) is 14.8. The highest BCUT2D eigenvalue weighted by atomic mass is 32.2. The Morgan fingerprint density at radius 3 is 2.20 bits per heavy atom. The molecule has 35 heavy (non-hydrogen) atoms. The normalized spacial score (nSPS) is 30.2. The molecule has 0 aliphatic heterocycles. The third kappa shape index (κ3) is 6.56. The summed E-state index contributed by atoms with van der Waals surface area (Å²) in [5, 5.41) is 21.6. The maximum atomic E-state index is 13.5. The van der Waals surface area contributed by atoms with Gasteiger partial charge in [0.15, 0.2) is 0 Å². The number of hydrogen-bond donors (Lipinski definition) is 5. The molecule has 3 fully saturated rings. The van der Waals surface area contributed by atoms with Crippen molar-refractivity contribution in [3.05, 3.63) is 0 Å². The number of aliphatic hydroxyl groups excluding tert-OH is 1. The average molecular weight is 516 g/mol. The molecule has 1 amide bonds. The fourth-order valence-electron chi connectivity index (χ4n) is 6.76. The van der Waals surface area contributed by atoms with Gasteiger partial charge >= 0.3 is 5.97 Å². The van der Waals surface area contributed by atoms with Gasteiger partial charge < -0.3 is 15.5 Å². The van der Waals surface area contributed by atoms with E-state index >= 15 is 0 Å². The van der Waals surface area contributed by atoms with Crippen molar-refractivity contribution in [1.29, 1.82) is 0 Å². The zero-order valence-corrected chi connectivity index (χ0v) is 22.3. The van der Waals surface area contributed by atoms with Crippen molar-refractivity contribution < 1.29 is 28.2 Å². The molecule has 0 radical (unpaired) electrons. The Bertz CT molecular complexity index is 857. The van der Waals surface area contributed by atoms with Crippen LogP contribution in [0.15, 0.2) is 0 Å². The van der Waals surface area contributed by atoms with E-state index in [-0.39, 0.29) is 41.7 Å². The van der Waals surface area contributed by atoms with Crippen LogP contribution in [0.5, 0.6) is 0 Å². The summed E-state index contributed by atoms with van der Waals surface area (Å²) in [6.45, 7) is 6.69. The second-order valence-electron chi connectivity index (χ2n) is 11.8. The lowest BCUT2D eigenvalue weighted by molar-refractivity contribution is -0.139. The number of carboxylic acid groups (broad SMARTS) is 1. The van der Waals surface area contributed by atoms with Crippen molar-refractivity contribution in [2.24, 2.45) is 22.7 Å². The molecule has 0 heterocycles. The van der Waals surface area contributed by atoms with Crippen LogP contribution in [0.3, 0.4) is 0 Å². The van der Waals surface area contributed by atoms with Crippen LogP contribution in [0.2, 0.25) is 0 Å². The van der Waals surface area contributed by atoms with Crippen LogP contribution in [0.1, 0.15) is 97.8 Å². The lowest BCUT2D eigenvalue weighted by Gasteiger charge is -2.40. The highest BCUT2D eigenvalue weighted by molar-refractivity contribution is 7.87. The molecule has 2 bridgehead atoms. The number of unbranched alkanes of at least 4 members (excludes halogenated alkanes) is 1. The van der Waals surface area contributed by atoms with Crippen LogP contribution >= 0.6 is 0 Å². The first kappa shape index (κ1) is 28.3. The molecule has 0 saturated heterocycles. The van der Waals surface area contributed by atoms with Gasteiger partial charge in [-0.15, -0.1) is 0 Å². The number of rotatable bonds is 13. The number of carboxylic acids is 1. The molecule has 202 valence electrons. The second kappa shape index (κ2) is 11.4. The number of amides is 1. The summed E-state index contributed by atoms with van der Waals surface area (Å²) in [5.74, 6) is -0.793. The molecule has 0 aromatic heterocycles. The van der Waals surface area contributed by atoms with E-state index in [1.165, 1.54) is 0 Å². The fraction of sp³-hybridized carbons (Fsp3) is 0.920. The van der Waals surface area contributed by atoms with Gasteiger partial charge in [0.2, 0.25) is 5.91 Å². The molecule has 0 spiro atoms. The summed E-state index contributed by atoms with van der Waals surface area (Å²) in [7, 11) is -4.24. The second-order valence-corrected chi connectivity index (χ2v) is 13.3. The summed E-state index contributed by atoms with van der Waals surface area (Å²) in [5.41, 5.74) is 0.0924. The van der Waals surface area contributed by atoms with Crippen molar-refractivity contribution in [1.82, 2.24) is 14.8 Å². The van der Waals surface area contributed by atoms with E-state index in [0.717, 1.165) is 51.4 Å². The third-order valence-electron chi connectivity index (χ3n) is 9.51. The maximum Gasteiger partial charge on any atom is 0.321 e. The predicted octanol–water partition coefficient (Wildman–Crippen LogP) is 2.70. The minimum atomic E-state index is -4.24. The van der Waals surface area contributed by atoms with E-state index in [1.807, 2.05) is 0 Å². The summed E-state index contributed by atoms with van der Waals surface area (Å²) >= 11 is 0. The van der Waals surface area contributed by atoms with E-state index in [0.29, 0.717) is 25.2 Å². The molecule has 10 heteroatoms. The Morgan fingerprint density at radius 1 is 1.00 bits per heavy atom. The maximum absolute atomic E-state index is 13.5. The first-order chi connectivity index (χ1) is 16.4. The lowest BCUT2D eigenvalue weighted by Crippen LogP contribution is -2.57. The molecule has 3 aliphatic rings. The van der Waals surface area contributed by atoms with Gasteiger partial charge in [-0.1, -0.05) is 52.9 Å². The van der Waals surface area contributed by atoms with Gasteiger partial charge in [0.1, 0.15) is 12.1 Å². The van der Waals surface area contributed by atoms with Crippen molar-refractivity contribution in [3.63, 3.8) is 0 Å². The Balaban J connectivity index is 1.71. The number of hydrogen-bond acceptors (Lipinski definition) is 5. The number of carbonyl (C=O) groups is 2. The minimum Gasteiger partial charge on any atom is -0.480 e. The van der Waals surface area contributed by atoms with E-state index in [2.05, 4.69) is 35.5 Å². The van der Waals surface area contributed by atoms with Gasteiger partial charge in [-0.2, -0.15) is 17.9 Å². The molecular weight excluding hydrogens is 470 g/mol. The molecule has 3 saturated carbocycles. The Morgan fingerprint density at radius 2 is 1.66 bits per heavy atom. The molecule has 3 aliphatic carbocycles. The van der Waals surface area contributed by atoms with Gasteiger partial charge in [-0.25, -0.2) is 0 Å². The molecule has 5 atom stereocenters. The Labute approximate surface area is 210 Å². The predicted molar refractivity (Wildman–Crippen MR) is 134 cm³/mol. The zero-order chi connectivity index (χ0) is 25.9. The van der Waals surface area contributed by atoms with Gasteiger partial charge in [0.05, 0.1) is 0 Å². The van der Waals surface area contributed by atoms with Gasteiger partial charge in [-0.3, -0.25) is 9.59 Å². The number of carbonyl (C=O) groups excluding carboxylic acids is 1. The summed E-state index contributed by atoms with van der Waals surface area (Å²) in [6, 6.07) is -2.27. The largest absolute Gasteiger partial charge is 0.480 e. The number of fused-ring (bicyclic) bond motifs is 2. The molecule has 9 nitrogen and oxygen atoms in total. The molecule has 0 aromatic rings. The topological polar surface area (TPSA) is 145 Å². The van der Waals surface area contributed by atoms with E-state index < -0.39 is 28.3 Å². The molecular formula is C25H45N3O6S. The van der Waals surface area contributed by atoms with Gasteiger partial charge in [0, 0.05) is 12.6 Å². The van der Waals surface area contributed by atoms with Crippen molar-refractivity contribution in [2.45, 2.75) is 116 Å². The first-order valence-electron chi connectivity index (χ1n) is 13.3. The summed E-state index contributed by atoms with van der Waals surface area (Å²) < 4.78 is 30.6. The quantitative estimate of drug-likeness (QED) is 0.239. The van der Waals surface area contributed by atoms with Crippen LogP contribution in [-0.2, 0) is 19.8 Å². The van der Waals surface area contributed by atoms with Crippen LogP contribution < -0.4 is 14.8 Å². The SMILES string of the molecule is CC1(C)[C@@H]2CC[C@@]1(C)[C@@H](NC(=O)[C@H](CC1CCCCC1)NS(=O)(=O)N[C@@H](CCCCO)C(=O)O)C2. The highest BCUT2D eigenvalue weighted by Gasteiger charge is 2.61. The van der Waals surface area contributed by atoms with Crippen LogP contribution in [0.25, 0.3) is 0 Å². The number of nitrogens with one attached hydrogen (secondary N) is 3. The van der Waals surface area contributed by atoms with E-state index in [1.54, 1.807) is 0 Å². The zero-order valence-electron chi connectivity index (χ0n) is 21.5. The highest BCUT2D eigenvalue weighted by Crippen LogP contribution is 2.65. The van der Waals surface area contributed by atoms with Gasteiger partial charge in [0.25, 0.3) is 10.2 Å². The Kier molecular flexibility index (Phi) is 9.26. The van der Waals surface area contributed by atoms with Gasteiger partial charge in [-0.05, 0) is 67.6 Å². The van der Waals surface area contributed by atoms with E-state index in [9.17, 15) is 23.1 Å². The van der Waals surface area contributed by atoms with Crippen molar-refractivity contribution in [2.75, 3.05) is 6.61 Å². The minimum absolute atomic E-state index is 0.000295. The standard InChI is InChI=1S/C25H45N3O6S/c1-24(2)18-12-13-25(24,3)21(16-18)26-22(30)20(15-17-9-5-4-6-10-17)28-35(33,34)27-19(23(31)32)11-7-8-14-29/h17-21,27-29H,4-16H2,1-3H3,(H,26,30)(H,31,32)/t18-,19+,20+,21+,25+/m1/s1. The lowest BCUT2D eigenvalue weighted by atomic mass is 9.69. The monoisotopic (exact) mass is 515 g/mol. The van der Waals surface area contributed by atoms with Crippen LogP contribution in [0, 0.1) is 22.7 Å². The average Bonchev–Trinajstić information content (AvgIpc) is 3.12. The fourth-order valence-corrected chi connectivity index (χ4v) is 8.00. The molecule has 3 rings (SSSR count). The smallest absolute Gasteiger partial charge is 0.321 e. The van der Waals surface area contributed by atoms with E-state index in [4.69, 9.17) is 5.11 Å². The Hall–Kier alpha value is -1.23. The third-order valence-corrected chi connectivity index (χ3v) is 10.7. The van der Waals surface area contributed by atoms with Crippen molar-refractivity contribution in [3.8, 4) is 0 Å². The molecule has 0 aromatic carbocycles. The summed E-state index contributed by atoms with van der Waals surface area (Å²) in [4.78, 5) is 25.1. The molecule has 0 unspecified atom stereocenters. The number of aliphatic carboxylic acids is 1. The van der Waals surface area contributed by atoms with Crippen LogP contribution in [0.4, 0.5) is 0 Å². The van der Waals surface area contributed by atoms with Crippen molar-refractivity contribution >= 4 is 22.1 Å². The summed E-state index contributed by atoms with van der Waals surface area (Å²) in [6.07, 6.45) is 9.59.